The Hall–Kier alpha value is -2.22. The van der Waals surface area contributed by atoms with Crippen LogP contribution in [0.25, 0.3) is 0 Å². The van der Waals surface area contributed by atoms with Gasteiger partial charge in [-0.25, -0.2) is 0 Å². The van der Waals surface area contributed by atoms with Crippen molar-refractivity contribution in [1.82, 2.24) is 14.7 Å². The Morgan fingerprint density at radius 2 is 1.63 bits per heavy atom. The van der Waals surface area contributed by atoms with Crippen molar-refractivity contribution in [1.29, 1.82) is 0 Å². The monoisotopic (exact) mass is 435 g/mol. The maximum absolute atomic E-state index is 12.7. The Labute approximate surface area is 166 Å². The van der Waals surface area contributed by atoms with Crippen LogP contribution in [0.3, 0.4) is 0 Å². The normalized spacial score (nSPS) is 17.4. The number of halogens is 1. The summed E-state index contributed by atoms with van der Waals surface area (Å²) in [5.41, 5.74) is 0.632. The molecule has 1 saturated heterocycles. The fourth-order valence-electron chi connectivity index (χ4n) is 3.39. The average molecular weight is 436 g/mol. The van der Waals surface area contributed by atoms with Crippen molar-refractivity contribution in [3.05, 3.63) is 33.8 Å². The van der Waals surface area contributed by atoms with Crippen molar-refractivity contribution in [2.45, 2.75) is 20.3 Å². The second-order valence-corrected chi connectivity index (χ2v) is 8.02. The molecule has 0 saturated carbocycles. The van der Waals surface area contributed by atoms with Crippen molar-refractivity contribution in [2.24, 2.45) is 5.92 Å². The summed E-state index contributed by atoms with van der Waals surface area (Å²) < 4.78 is 0.706. The Balaban J connectivity index is 1.65. The van der Waals surface area contributed by atoms with Crippen molar-refractivity contribution >= 4 is 39.6 Å². The van der Waals surface area contributed by atoms with E-state index in [1.54, 1.807) is 28.0 Å². The summed E-state index contributed by atoms with van der Waals surface area (Å²) >= 11 is 3.29. The first kappa shape index (κ1) is 19.5. The highest BCUT2D eigenvalue weighted by Gasteiger charge is 2.37. The van der Waals surface area contributed by atoms with Crippen molar-refractivity contribution < 1.29 is 19.2 Å². The van der Waals surface area contributed by atoms with Gasteiger partial charge in [0.2, 0.25) is 11.8 Å². The van der Waals surface area contributed by atoms with E-state index in [0.717, 1.165) is 4.90 Å². The molecule has 144 valence electrons. The predicted octanol–water partition coefficient (Wildman–Crippen LogP) is 1.76. The van der Waals surface area contributed by atoms with Gasteiger partial charge in [0.05, 0.1) is 11.1 Å². The highest BCUT2D eigenvalue weighted by Crippen LogP contribution is 2.26. The van der Waals surface area contributed by atoms with Gasteiger partial charge in [0.25, 0.3) is 11.8 Å². The Morgan fingerprint density at radius 1 is 1.00 bits per heavy atom. The number of fused-ring (bicyclic) bond motifs is 1. The molecule has 1 fully saturated rings. The van der Waals surface area contributed by atoms with Crippen LogP contribution in [0.15, 0.2) is 22.7 Å². The Kier molecular flexibility index (Phi) is 5.64. The number of hydrogen-bond donors (Lipinski definition) is 0. The maximum Gasteiger partial charge on any atom is 0.262 e. The van der Waals surface area contributed by atoms with Crippen molar-refractivity contribution in [3.63, 3.8) is 0 Å². The number of rotatable bonds is 3. The lowest BCUT2D eigenvalue weighted by Gasteiger charge is -2.24. The summed E-state index contributed by atoms with van der Waals surface area (Å²) in [6, 6.07) is 4.89. The summed E-state index contributed by atoms with van der Waals surface area (Å²) in [4.78, 5) is 54.3. The molecule has 0 aromatic heterocycles. The summed E-state index contributed by atoms with van der Waals surface area (Å²) in [6.07, 6.45) is 0.680. The third-order valence-corrected chi connectivity index (χ3v) is 5.37. The number of nitrogens with zero attached hydrogens (tertiary/aromatic N) is 3. The van der Waals surface area contributed by atoms with E-state index in [4.69, 9.17) is 0 Å². The SMILES string of the molecule is CC(C)C(=O)N1CCCN(C(=O)CN2C(=O)c3ccc(Br)cc3C2=O)CC1. The third kappa shape index (κ3) is 3.90. The Bertz CT molecular complexity index is 808. The number of carbonyl (C=O) groups is 4. The standard InChI is InChI=1S/C19H22BrN3O4/c1-12(2)17(25)22-7-3-6-21(8-9-22)16(24)11-23-18(26)14-5-4-13(20)10-15(14)19(23)27/h4-5,10,12H,3,6-9,11H2,1-2H3. The van der Waals surface area contributed by atoms with E-state index < -0.39 is 11.8 Å². The number of imide groups is 1. The lowest BCUT2D eigenvalue weighted by atomic mass is 10.1. The molecule has 0 N–H and O–H groups in total. The van der Waals surface area contributed by atoms with Crippen LogP contribution in [0.2, 0.25) is 0 Å². The maximum atomic E-state index is 12.7. The van der Waals surface area contributed by atoms with Gasteiger partial charge in [-0.1, -0.05) is 29.8 Å². The first-order chi connectivity index (χ1) is 12.8. The highest BCUT2D eigenvalue weighted by atomic mass is 79.9. The molecule has 27 heavy (non-hydrogen) atoms. The van der Waals surface area contributed by atoms with Gasteiger partial charge in [-0.05, 0) is 24.6 Å². The van der Waals surface area contributed by atoms with E-state index in [0.29, 0.717) is 48.2 Å². The topological polar surface area (TPSA) is 78.0 Å². The zero-order valence-electron chi connectivity index (χ0n) is 15.4. The van der Waals surface area contributed by atoms with Crippen LogP contribution in [0.1, 0.15) is 41.0 Å². The fraction of sp³-hybridized carbons (Fsp3) is 0.474. The molecule has 4 amide bonds. The molecule has 0 aliphatic carbocycles. The van der Waals surface area contributed by atoms with E-state index in [2.05, 4.69) is 15.9 Å². The van der Waals surface area contributed by atoms with Gasteiger partial charge in [0.1, 0.15) is 6.54 Å². The molecule has 2 aliphatic rings. The lowest BCUT2D eigenvalue weighted by Crippen LogP contribution is -2.44. The van der Waals surface area contributed by atoms with E-state index in [-0.39, 0.29) is 24.3 Å². The minimum Gasteiger partial charge on any atom is -0.341 e. The number of hydrogen-bond acceptors (Lipinski definition) is 4. The number of carbonyl (C=O) groups excluding carboxylic acids is 4. The molecule has 0 radical (unpaired) electrons. The van der Waals surface area contributed by atoms with Gasteiger partial charge in [0, 0.05) is 36.6 Å². The molecule has 2 aliphatic heterocycles. The quantitative estimate of drug-likeness (QED) is 0.677. The van der Waals surface area contributed by atoms with Gasteiger partial charge in [-0.15, -0.1) is 0 Å². The first-order valence-corrected chi connectivity index (χ1v) is 9.81. The zero-order valence-corrected chi connectivity index (χ0v) is 17.0. The van der Waals surface area contributed by atoms with E-state index in [1.165, 1.54) is 0 Å². The highest BCUT2D eigenvalue weighted by molar-refractivity contribution is 9.10. The van der Waals surface area contributed by atoms with E-state index in [9.17, 15) is 19.2 Å². The minimum atomic E-state index is -0.448. The number of benzene rings is 1. The Morgan fingerprint density at radius 3 is 2.33 bits per heavy atom. The molecule has 1 aromatic carbocycles. The largest absolute Gasteiger partial charge is 0.341 e. The minimum absolute atomic E-state index is 0.0788. The van der Waals surface area contributed by atoms with Crippen LogP contribution in [-0.2, 0) is 9.59 Å². The third-order valence-electron chi connectivity index (χ3n) is 4.88. The summed E-state index contributed by atoms with van der Waals surface area (Å²) in [7, 11) is 0. The van der Waals surface area contributed by atoms with Crippen LogP contribution in [0, 0.1) is 5.92 Å². The second-order valence-electron chi connectivity index (χ2n) is 7.10. The van der Waals surface area contributed by atoms with E-state index in [1.807, 2.05) is 13.8 Å². The average Bonchev–Trinajstić information content (AvgIpc) is 2.82. The van der Waals surface area contributed by atoms with Crippen molar-refractivity contribution in [2.75, 3.05) is 32.7 Å². The molecule has 0 spiro atoms. The van der Waals surface area contributed by atoms with Crippen LogP contribution >= 0.6 is 15.9 Å². The molecule has 0 bridgehead atoms. The number of amides is 4. The summed E-state index contributed by atoms with van der Waals surface area (Å²) in [5.74, 6) is -1.17. The molecular formula is C19H22BrN3O4. The van der Waals surface area contributed by atoms with Gasteiger partial charge in [0.15, 0.2) is 0 Å². The molecule has 0 unspecified atom stereocenters. The fourth-order valence-corrected chi connectivity index (χ4v) is 3.76. The molecule has 7 nitrogen and oxygen atoms in total. The molecule has 0 atom stereocenters. The van der Waals surface area contributed by atoms with Crippen LogP contribution in [-0.4, -0.2) is 71.1 Å². The summed E-state index contributed by atoms with van der Waals surface area (Å²) in [5, 5.41) is 0. The van der Waals surface area contributed by atoms with Gasteiger partial charge >= 0.3 is 0 Å². The molecule has 3 rings (SSSR count). The second kappa shape index (κ2) is 7.80. The first-order valence-electron chi connectivity index (χ1n) is 9.02. The zero-order chi connectivity index (χ0) is 19.7. The smallest absolute Gasteiger partial charge is 0.262 e. The van der Waals surface area contributed by atoms with Gasteiger partial charge < -0.3 is 9.80 Å². The van der Waals surface area contributed by atoms with Crippen LogP contribution in [0.4, 0.5) is 0 Å². The van der Waals surface area contributed by atoms with Gasteiger partial charge in [-0.2, -0.15) is 0 Å². The van der Waals surface area contributed by atoms with E-state index >= 15 is 0 Å². The molecule has 1 aromatic rings. The lowest BCUT2D eigenvalue weighted by molar-refractivity contribution is -0.135. The molecule has 2 heterocycles. The summed E-state index contributed by atoms with van der Waals surface area (Å²) in [6.45, 7) is 5.44. The predicted molar refractivity (Wildman–Crippen MR) is 102 cm³/mol. The van der Waals surface area contributed by atoms with Crippen LogP contribution in [0.5, 0.6) is 0 Å². The molecule has 8 heteroatoms. The van der Waals surface area contributed by atoms with Crippen LogP contribution < -0.4 is 0 Å². The molecular weight excluding hydrogens is 414 g/mol. The van der Waals surface area contributed by atoms with Gasteiger partial charge in [-0.3, -0.25) is 24.1 Å². The van der Waals surface area contributed by atoms with Crippen molar-refractivity contribution in [3.8, 4) is 0 Å².